The Bertz CT molecular complexity index is 584. The quantitative estimate of drug-likeness (QED) is 0.473. The first-order valence-electron chi connectivity index (χ1n) is 5.33. The molecule has 0 aliphatic heterocycles. The third-order valence-electron chi connectivity index (χ3n) is 2.38. The van der Waals surface area contributed by atoms with Gasteiger partial charge in [-0.2, -0.15) is 4.73 Å². The van der Waals surface area contributed by atoms with E-state index >= 15 is 0 Å². The van der Waals surface area contributed by atoms with Gasteiger partial charge in [-0.25, -0.2) is 4.21 Å². The van der Waals surface area contributed by atoms with Gasteiger partial charge in [0.1, 0.15) is 10.8 Å². The molecule has 1 atom stereocenters. The van der Waals surface area contributed by atoms with Crippen molar-refractivity contribution in [3.05, 3.63) is 65.5 Å². The van der Waals surface area contributed by atoms with Crippen molar-refractivity contribution < 1.29 is 13.7 Å². The predicted molar refractivity (Wildman–Crippen MR) is 67.4 cm³/mol. The molecule has 18 heavy (non-hydrogen) atoms. The molecule has 0 N–H and O–H groups in total. The second kappa shape index (κ2) is 5.55. The summed E-state index contributed by atoms with van der Waals surface area (Å²) in [6.07, 6.45) is 1.26. The van der Waals surface area contributed by atoms with Crippen molar-refractivity contribution in [2.45, 2.75) is 5.03 Å². The van der Waals surface area contributed by atoms with Crippen LogP contribution < -0.4 is 4.73 Å². The predicted octanol–water partition coefficient (Wildman–Crippen LogP) is 1.31. The van der Waals surface area contributed by atoms with Crippen molar-refractivity contribution in [1.29, 1.82) is 0 Å². The minimum atomic E-state index is -1.62. The van der Waals surface area contributed by atoms with Gasteiger partial charge in [0.15, 0.2) is 12.0 Å². The summed E-state index contributed by atoms with van der Waals surface area (Å²) in [5.41, 5.74) is 0.499. The van der Waals surface area contributed by atoms with Crippen LogP contribution >= 0.6 is 0 Å². The highest BCUT2D eigenvalue weighted by atomic mass is 32.2. The summed E-state index contributed by atoms with van der Waals surface area (Å²) in [5, 5.41) is 11.5. The number of hydrogen-bond donors (Lipinski definition) is 0. The molecule has 0 aliphatic rings. The molecule has 1 aromatic carbocycles. The highest BCUT2D eigenvalue weighted by Crippen LogP contribution is 2.05. The highest BCUT2D eigenvalue weighted by Gasteiger charge is 2.17. The van der Waals surface area contributed by atoms with Crippen LogP contribution in [0.3, 0.4) is 0 Å². The minimum absolute atomic E-state index is 0.0989. The van der Waals surface area contributed by atoms with Gasteiger partial charge in [-0.3, -0.25) is 4.79 Å². The van der Waals surface area contributed by atoms with Crippen molar-refractivity contribution in [2.75, 3.05) is 5.75 Å². The monoisotopic (exact) mass is 261 g/mol. The molecular weight excluding hydrogens is 250 g/mol. The number of ketones is 1. The number of Topliss-reactive ketones (excluding diaryl/α,β-unsaturated/α-hetero) is 1. The molecule has 0 fully saturated rings. The molecule has 0 aliphatic carbocycles. The Morgan fingerprint density at radius 2 is 1.78 bits per heavy atom. The van der Waals surface area contributed by atoms with E-state index < -0.39 is 10.8 Å². The van der Waals surface area contributed by atoms with Crippen molar-refractivity contribution in [3.63, 3.8) is 0 Å². The third kappa shape index (κ3) is 2.81. The molecular formula is C13H11NO3S. The first-order valence-corrected chi connectivity index (χ1v) is 6.65. The fourth-order valence-electron chi connectivity index (χ4n) is 1.49. The number of aromatic nitrogens is 1. The van der Waals surface area contributed by atoms with E-state index in [1.807, 2.05) is 0 Å². The van der Waals surface area contributed by atoms with Crippen molar-refractivity contribution in [3.8, 4) is 0 Å². The van der Waals surface area contributed by atoms with E-state index in [-0.39, 0.29) is 16.6 Å². The average Bonchev–Trinajstić information content (AvgIpc) is 2.40. The third-order valence-corrected chi connectivity index (χ3v) is 3.69. The van der Waals surface area contributed by atoms with Gasteiger partial charge in [0.2, 0.25) is 0 Å². The Balaban J connectivity index is 2.14. The number of benzene rings is 1. The first-order chi connectivity index (χ1) is 8.68. The first kappa shape index (κ1) is 12.4. The van der Waals surface area contributed by atoms with Gasteiger partial charge in [0, 0.05) is 17.7 Å². The molecule has 0 bridgehead atoms. The van der Waals surface area contributed by atoms with Crippen molar-refractivity contribution in [2.24, 2.45) is 0 Å². The Hall–Kier alpha value is -2.01. The number of nitrogens with zero attached hydrogens (tertiary/aromatic N) is 1. The van der Waals surface area contributed by atoms with E-state index in [1.54, 1.807) is 42.5 Å². The van der Waals surface area contributed by atoms with Crippen LogP contribution in [-0.2, 0) is 10.8 Å². The lowest BCUT2D eigenvalue weighted by atomic mass is 10.2. The van der Waals surface area contributed by atoms with Gasteiger partial charge in [-0.1, -0.05) is 30.3 Å². The number of pyridine rings is 1. The summed E-state index contributed by atoms with van der Waals surface area (Å²) in [6.45, 7) is 0. The van der Waals surface area contributed by atoms with Crippen molar-refractivity contribution in [1.82, 2.24) is 0 Å². The SMILES string of the molecule is O=C(CS(=O)c1cccc[n+]1[O-])c1ccccc1. The second-order valence-corrected chi connectivity index (χ2v) is 5.04. The Kier molecular flexibility index (Phi) is 3.84. The normalized spacial score (nSPS) is 12.0. The molecule has 1 aromatic heterocycles. The van der Waals surface area contributed by atoms with E-state index in [9.17, 15) is 14.2 Å². The topological polar surface area (TPSA) is 61.1 Å². The van der Waals surface area contributed by atoms with E-state index in [2.05, 4.69) is 0 Å². The summed E-state index contributed by atoms with van der Waals surface area (Å²) >= 11 is 0. The van der Waals surface area contributed by atoms with E-state index in [0.29, 0.717) is 10.3 Å². The summed E-state index contributed by atoms with van der Waals surface area (Å²) in [7, 11) is -1.62. The Morgan fingerprint density at radius 1 is 1.11 bits per heavy atom. The number of rotatable bonds is 4. The van der Waals surface area contributed by atoms with Gasteiger partial charge in [0.25, 0.3) is 5.03 Å². The molecule has 0 saturated heterocycles. The fourth-order valence-corrected chi connectivity index (χ4v) is 2.53. The number of carbonyl (C=O) groups excluding carboxylic acids is 1. The summed E-state index contributed by atoms with van der Waals surface area (Å²) in [5.74, 6) is -0.422. The highest BCUT2D eigenvalue weighted by molar-refractivity contribution is 7.85. The zero-order chi connectivity index (χ0) is 13.0. The van der Waals surface area contributed by atoms with Crippen molar-refractivity contribution >= 4 is 16.6 Å². The van der Waals surface area contributed by atoms with Crippen LogP contribution in [0.1, 0.15) is 10.4 Å². The molecule has 5 heteroatoms. The number of carbonyl (C=O) groups is 1. The zero-order valence-electron chi connectivity index (χ0n) is 9.48. The van der Waals surface area contributed by atoms with Crippen LogP contribution in [0, 0.1) is 5.21 Å². The molecule has 2 aromatic rings. The van der Waals surface area contributed by atoms with E-state index in [1.165, 1.54) is 12.3 Å². The zero-order valence-corrected chi connectivity index (χ0v) is 10.3. The average molecular weight is 261 g/mol. The summed E-state index contributed by atoms with van der Waals surface area (Å²) < 4.78 is 12.4. The van der Waals surface area contributed by atoms with Crippen LogP contribution in [0.15, 0.2) is 59.8 Å². The molecule has 92 valence electrons. The Morgan fingerprint density at radius 3 is 2.44 bits per heavy atom. The maximum absolute atomic E-state index is 11.9. The van der Waals surface area contributed by atoms with Gasteiger partial charge >= 0.3 is 0 Å². The standard InChI is InChI=1S/C13H11NO3S/c15-12(11-6-2-1-3-7-11)10-18(17)13-8-4-5-9-14(13)16/h1-9H,10H2. The van der Waals surface area contributed by atoms with E-state index in [0.717, 1.165) is 0 Å². The van der Waals surface area contributed by atoms with Gasteiger partial charge in [0.05, 0.1) is 5.75 Å². The summed E-state index contributed by atoms with van der Waals surface area (Å²) in [4.78, 5) is 11.8. The molecule has 0 spiro atoms. The van der Waals surface area contributed by atoms with E-state index in [4.69, 9.17) is 0 Å². The number of hydrogen-bond acceptors (Lipinski definition) is 3. The molecule has 0 saturated carbocycles. The molecule has 4 nitrogen and oxygen atoms in total. The molecule has 0 amide bonds. The molecule has 1 heterocycles. The van der Waals surface area contributed by atoms with Crippen LogP contribution in [0.4, 0.5) is 0 Å². The van der Waals surface area contributed by atoms with Crippen LogP contribution in [0.25, 0.3) is 0 Å². The lowest BCUT2D eigenvalue weighted by Crippen LogP contribution is -2.32. The smallest absolute Gasteiger partial charge is 0.281 e. The molecule has 0 radical (unpaired) electrons. The maximum Gasteiger partial charge on any atom is 0.281 e. The van der Waals surface area contributed by atoms with Crippen LogP contribution in [0.5, 0.6) is 0 Å². The van der Waals surface area contributed by atoms with Gasteiger partial charge < -0.3 is 5.21 Å². The van der Waals surface area contributed by atoms with Crippen LogP contribution in [0.2, 0.25) is 0 Å². The lowest BCUT2D eigenvalue weighted by molar-refractivity contribution is -0.646. The van der Waals surface area contributed by atoms with Gasteiger partial charge in [-0.15, -0.1) is 0 Å². The Labute approximate surface area is 107 Å². The fraction of sp³-hybridized carbons (Fsp3) is 0.0769. The van der Waals surface area contributed by atoms with Gasteiger partial charge in [-0.05, 0) is 6.07 Å². The largest absolute Gasteiger partial charge is 0.618 e. The minimum Gasteiger partial charge on any atom is -0.618 e. The molecule has 2 rings (SSSR count). The maximum atomic E-state index is 11.9. The van der Waals surface area contributed by atoms with Crippen LogP contribution in [-0.4, -0.2) is 15.7 Å². The molecule has 1 unspecified atom stereocenters. The summed E-state index contributed by atoms with van der Waals surface area (Å²) in [6, 6.07) is 13.2. The lowest BCUT2D eigenvalue weighted by Gasteiger charge is -2.03. The second-order valence-electron chi connectivity index (χ2n) is 3.64.